The molecule has 3 aromatic rings. The number of para-hydroxylation sites is 1. The first kappa shape index (κ1) is 15.4. The average molecular weight is 327 g/mol. The van der Waals surface area contributed by atoms with E-state index in [1.807, 2.05) is 31.2 Å². The minimum Gasteiger partial charge on any atom is -0.450 e. The maximum absolute atomic E-state index is 5.98. The summed E-state index contributed by atoms with van der Waals surface area (Å²) in [5.41, 5.74) is 2.49. The summed E-state index contributed by atoms with van der Waals surface area (Å²) >= 11 is 0. The first-order valence-electron chi connectivity index (χ1n) is 8.62. The van der Waals surface area contributed by atoms with Gasteiger partial charge in [0.05, 0.1) is 19.8 Å². The van der Waals surface area contributed by atoms with Crippen molar-refractivity contribution in [2.75, 3.05) is 44.7 Å². The van der Waals surface area contributed by atoms with Crippen molar-refractivity contribution in [2.24, 2.45) is 0 Å². The third kappa shape index (κ3) is 3.07. The lowest BCUT2D eigenvalue weighted by Gasteiger charge is -2.23. The van der Waals surface area contributed by atoms with E-state index >= 15 is 0 Å². The van der Waals surface area contributed by atoms with E-state index in [1.165, 1.54) is 0 Å². The third-order valence-corrected chi connectivity index (χ3v) is 4.53. The van der Waals surface area contributed by atoms with Crippen LogP contribution in [-0.4, -0.2) is 49.4 Å². The van der Waals surface area contributed by atoms with Crippen LogP contribution in [0, 0.1) is 6.92 Å². The maximum atomic E-state index is 5.98. The fourth-order valence-electron chi connectivity index (χ4n) is 3.28. The number of nitrogens with zero attached hydrogens (tertiary/aromatic N) is 2. The summed E-state index contributed by atoms with van der Waals surface area (Å²) in [6.07, 6.45) is 1.10. The van der Waals surface area contributed by atoms with Crippen molar-refractivity contribution in [3.8, 4) is 0 Å². The molecule has 1 saturated heterocycles. The zero-order valence-corrected chi connectivity index (χ0v) is 14.0. The van der Waals surface area contributed by atoms with Gasteiger partial charge in [-0.05, 0) is 19.1 Å². The van der Waals surface area contributed by atoms with Crippen LogP contribution in [0.15, 0.2) is 28.7 Å². The van der Waals surface area contributed by atoms with Crippen LogP contribution in [-0.2, 0) is 4.74 Å². The smallest absolute Gasteiger partial charge is 0.196 e. The summed E-state index contributed by atoms with van der Waals surface area (Å²) in [6, 6.07) is 7.99. The molecule has 6 nitrogen and oxygen atoms in total. The molecule has 1 aliphatic heterocycles. The SMILES string of the molecule is Cc1nc(NCCC[NH+]2CCOCC2)c2oc3ccccc3c2n1. The van der Waals surface area contributed by atoms with Gasteiger partial charge in [-0.25, -0.2) is 9.97 Å². The molecular weight excluding hydrogens is 304 g/mol. The molecule has 0 bridgehead atoms. The highest BCUT2D eigenvalue weighted by molar-refractivity contribution is 6.05. The molecule has 0 spiro atoms. The largest absolute Gasteiger partial charge is 0.450 e. The number of aromatic nitrogens is 2. The molecule has 0 radical (unpaired) electrons. The molecule has 0 atom stereocenters. The van der Waals surface area contributed by atoms with E-state index in [2.05, 4.69) is 15.3 Å². The summed E-state index contributed by atoms with van der Waals surface area (Å²) in [6.45, 7) is 7.95. The van der Waals surface area contributed by atoms with Crippen LogP contribution in [0.1, 0.15) is 12.2 Å². The lowest BCUT2D eigenvalue weighted by molar-refractivity contribution is -0.908. The minimum atomic E-state index is 0.750. The molecule has 24 heavy (non-hydrogen) atoms. The molecule has 6 heteroatoms. The van der Waals surface area contributed by atoms with Crippen molar-refractivity contribution in [1.82, 2.24) is 9.97 Å². The number of rotatable bonds is 5. The highest BCUT2D eigenvalue weighted by atomic mass is 16.5. The molecule has 2 aromatic heterocycles. The van der Waals surface area contributed by atoms with Gasteiger partial charge in [0, 0.05) is 18.4 Å². The van der Waals surface area contributed by atoms with Crippen molar-refractivity contribution in [3.05, 3.63) is 30.1 Å². The van der Waals surface area contributed by atoms with Gasteiger partial charge < -0.3 is 19.4 Å². The van der Waals surface area contributed by atoms with Crippen molar-refractivity contribution >= 4 is 27.9 Å². The Balaban J connectivity index is 1.49. The number of anilines is 1. The Kier molecular flexibility index (Phi) is 4.32. The van der Waals surface area contributed by atoms with Crippen LogP contribution >= 0.6 is 0 Å². The van der Waals surface area contributed by atoms with Crippen LogP contribution in [0.2, 0.25) is 0 Å². The summed E-state index contributed by atoms with van der Waals surface area (Å²) in [5, 5.41) is 4.48. The average Bonchev–Trinajstić information content (AvgIpc) is 2.98. The van der Waals surface area contributed by atoms with Crippen molar-refractivity contribution < 1.29 is 14.1 Å². The van der Waals surface area contributed by atoms with Gasteiger partial charge in [-0.1, -0.05) is 12.1 Å². The number of morpholine rings is 1. The molecule has 1 aliphatic rings. The Morgan fingerprint density at radius 3 is 2.88 bits per heavy atom. The van der Waals surface area contributed by atoms with E-state index in [9.17, 15) is 0 Å². The Hall–Kier alpha value is -2.18. The van der Waals surface area contributed by atoms with Crippen LogP contribution in [0.4, 0.5) is 5.82 Å². The number of furan rings is 1. The molecule has 0 saturated carbocycles. The van der Waals surface area contributed by atoms with Crippen LogP contribution < -0.4 is 10.2 Å². The highest BCUT2D eigenvalue weighted by Gasteiger charge is 2.15. The molecule has 2 N–H and O–H groups in total. The Morgan fingerprint density at radius 1 is 1.17 bits per heavy atom. The highest BCUT2D eigenvalue weighted by Crippen LogP contribution is 2.30. The number of benzene rings is 1. The Bertz CT molecular complexity index is 840. The normalized spacial score (nSPS) is 16.0. The predicted octanol–water partition coefficient (Wildman–Crippen LogP) is 1.40. The van der Waals surface area contributed by atoms with E-state index in [-0.39, 0.29) is 0 Å². The van der Waals surface area contributed by atoms with Crippen molar-refractivity contribution in [3.63, 3.8) is 0 Å². The number of ether oxygens (including phenoxy) is 1. The summed E-state index contributed by atoms with van der Waals surface area (Å²) in [5.74, 6) is 1.56. The molecule has 0 aliphatic carbocycles. The molecule has 0 unspecified atom stereocenters. The standard InChI is InChI=1S/C18H22N4O2/c1-13-20-16-14-5-2-3-6-15(14)24-17(16)18(21-13)19-7-4-8-22-9-11-23-12-10-22/h2-3,5-6H,4,7-12H2,1H3,(H,19,20,21)/p+1. The summed E-state index contributed by atoms with van der Waals surface area (Å²) in [7, 11) is 0. The van der Waals surface area contributed by atoms with Crippen molar-refractivity contribution in [2.45, 2.75) is 13.3 Å². The second kappa shape index (κ2) is 6.75. The first-order chi connectivity index (χ1) is 11.8. The summed E-state index contributed by atoms with van der Waals surface area (Å²) in [4.78, 5) is 10.7. The molecule has 3 heterocycles. The number of nitrogens with one attached hydrogen (secondary N) is 2. The second-order valence-corrected chi connectivity index (χ2v) is 6.29. The van der Waals surface area contributed by atoms with Crippen molar-refractivity contribution in [1.29, 1.82) is 0 Å². The van der Waals surface area contributed by atoms with Gasteiger partial charge in [0.15, 0.2) is 11.4 Å². The fourth-order valence-corrected chi connectivity index (χ4v) is 3.28. The van der Waals surface area contributed by atoms with E-state index in [0.29, 0.717) is 0 Å². The topological polar surface area (TPSA) is 64.6 Å². The summed E-state index contributed by atoms with van der Waals surface area (Å²) < 4.78 is 11.4. The molecular formula is C18H23N4O2+. The number of hydrogen-bond donors (Lipinski definition) is 2. The van der Waals surface area contributed by atoms with E-state index in [0.717, 1.165) is 79.5 Å². The third-order valence-electron chi connectivity index (χ3n) is 4.53. The van der Waals surface area contributed by atoms with Crippen LogP contribution in [0.5, 0.6) is 0 Å². The van der Waals surface area contributed by atoms with Gasteiger partial charge in [-0.3, -0.25) is 0 Å². The number of fused-ring (bicyclic) bond motifs is 3. The fraction of sp³-hybridized carbons (Fsp3) is 0.444. The van der Waals surface area contributed by atoms with Gasteiger partial charge in [0.1, 0.15) is 30.0 Å². The zero-order chi connectivity index (χ0) is 16.4. The van der Waals surface area contributed by atoms with Gasteiger partial charge in [-0.2, -0.15) is 0 Å². The van der Waals surface area contributed by atoms with Gasteiger partial charge in [0.2, 0.25) is 0 Å². The predicted molar refractivity (Wildman–Crippen MR) is 93.5 cm³/mol. The van der Waals surface area contributed by atoms with Gasteiger partial charge >= 0.3 is 0 Å². The zero-order valence-electron chi connectivity index (χ0n) is 14.0. The van der Waals surface area contributed by atoms with Gasteiger partial charge in [-0.15, -0.1) is 0 Å². The monoisotopic (exact) mass is 327 g/mol. The quantitative estimate of drug-likeness (QED) is 0.694. The number of quaternary nitrogens is 1. The van der Waals surface area contributed by atoms with E-state index < -0.39 is 0 Å². The number of aryl methyl sites for hydroxylation is 1. The molecule has 0 amide bonds. The molecule has 4 rings (SSSR count). The maximum Gasteiger partial charge on any atom is 0.196 e. The second-order valence-electron chi connectivity index (χ2n) is 6.29. The Labute approximate surface area is 140 Å². The first-order valence-corrected chi connectivity index (χ1v) is 8.62. The lowest BCUT2D eigenvalue weighted by atomic mass is 10.2. The molecule has 1 fully saturated rings. The molecule has 1 aromatic carbocycles. The minimum absolute atomic E-state index is 0.750. The Morgan fingerprint density at radius 2 is 2.00 bits per heavy atom. The molecule has 126 valence electrons. The van der Waals surface area contributed by atoms with Gasteiger partial charge in [0.25, 0.3) is 0 Å². The van der Waals surface area contributed by atoms with Crippen LogP contribution in [0.3, 0.4) is 0 Å². The lowest BCUT2D eigenvalue weighted by Crippen LogP contribution is -3.14. The van der Waals surface area contributed by atoms with E-state index in [4.69, 9.17) is 9.15 Å². The van der Waals surface area contributed by atoms with Crippen LogP contribution in [0.25, 0.3) is 22.1 Å². The number of hydrogen-bond acceptors (Lipinski definition) is 5. The van der Waals surface area contributed by atoms with E-state index in [1.54, 1.807) is 4.90 Å².